The number of carboxylic acids is 1. The Balaban J connectivity index is 0.000000244. The summed E-state index contributed by atoms with van der Waals surface area (Å²) in [6.45, 7) is 5.68. The molecule has 1 aliphatic carbocycles. The maximum absolute atomic E-state index is 12.5. The minimum atomic E-state index is -1.15. The Labute approximate surface area is 305 Å². The Bertz CT molecular complexity index is 1960. The second kappa shape index (κ2) is 17.5. The summed E-state index contributed by atoms with van der Waals surface area (Å²) in [6, 6.07) is 23.8. The second-order valence-corrected chi connectivity index (χ2v) is 12.7. The Kier molecular flexibility index (Phi) is 12.7. The van der Waals surface area contributed by atoms with E-state index in [0.29, 0.717) is 59.0 Å². The maximum atomic E-state index is 12.5. The monoisotopic (exact) mass is 729 g/mol. The normalized spacial score (nSPS) is 13.3. The van der Waals surface area contributed by atoms with Crippen LogP contribution in [0, 0.1) is 19.8 Å². The number of carbonyl (C=O) groups is 3. The summed E-state index contributed by atoms with van der Waals surface area (Å²) in [5.74, 6) is 0.967. The van der Waals surface area contributed by atoms with Crippen molar-refractivity contribution in [2.75, 3.05) is 10.6 Å². The molecule has 6 rings (SSSR count). The van der Waals surface area contributed by atoms with E-state index in [1.165, 1.54) is 0 Å². The van der Waals surface area contributed by atoms with Crippen molar-refractivity contribution in [2.45, 2.75) is 64.6 Å². The number of hydrogen-bond acceptors (Lipinski definition) is 9. The summed E-state index contributed by atoms with van der Waals surface area (Å²) in [5, 5.41) is 34.1. The Morgan fingerprint density at radius 1 is 0.827 bits per heavy atom. The number of nitrogens with zero attached hydrogens (tertiary/aromatic N) is 2. The highest BCUT2D eigenvalue weighted by atomic mass is 35.5. The van der Waals surface area contributed by atoms with Gasteiger partial charge in [0.15, 0.2) is 11.5 Å². The Morgan fingerprint density at radius 2 is 1.37 bits per heavy atom. The number of anilines is 2. The first-order chi connectivity index (χ1) is 25.0. The molecule has 3 aromatic carbocycles. The van der Waals surface area contributed by atoms with E-state index in [-0.39, 0.29) is 0 Å². The van der Waals surface area contributed by atoms with Crippen LogP contribution < -0.4 is 16.0 Å². The molecule has 2 amide bonds. The topological polar surface area (TPSA) is 189 Å². The Hall–Kier alpha value is -5.66. The van der Waals surface area contributed by atoms with Crippen LogP contribution >= 0.6 is 11.6 Å². The van der Waals surface area contributed by atoms with E-state index >= 15 is 0 Å². The van der Waals surface area contributed by atoms with Gasteiger partial charge in [-0.1, -0.05) is 102 Å². The number of rotatable bonds is 13. The van der Waals surface area contributed by atoms with Gasteiger partial charge >= 0.3 is 18.2 Å². The van der Waals surface area contributed by atoms with Gasteiger partial charge < -0.3 is 29.3 Å². The van der Waals surface area contributed by atoms with Crippen molar-refractivity contribution in [3.63, 3.8) is 0 Å². The number of carbonyl (C=O) groups excluding carboxylic acids is 1. The molecule has 1 fully saturated rings. The van der Waals surface area contributed by atoms with Gasteiger partial charge in [0, 0.05) is 23.6 Å². The molecule has 2 aromatic heterocycles. The van der Waals surface area contributed by atoms with E-state index in [4.69, 9.17) is 30.5 Å². The average Bonchev–Trinajstić information content (AvgIpc) is 3.80. The molecule has 0 unspecified atom stereocenters. The lowest BCUT2D eigenvalue weighted by Crippen LogP contribution is -2.36. The fraction of sp³-hybridized carbons (Fsp3) is 0.289. The van der Waals surface area contributed by atoms with Gasteiger partial charge in [-0.3, -0.25) is 15.4 Å². The highest BCUT2D eigenvalue weighted by Gasteiger charge is 2.29. The number of benzene rings is 3. The number of hydrogen-bond donors (Lipinski definition) is 5. The van der Waals surface area contributed by atoms with Crippen molar-refractivity contribution >= 4 is 41.1 Å². The lowest BCUT2D eigenvalue weighted by molar-refractivity contribution is -0.139. The number of halogens is 1. The number of alkyl halides is 1. The van der Waals surface area contributed by atoms with Gasteiger partial charge in [-0.05, 0) is 49.8 Å². The standard InChI is InChI=1S/C26H29N3O5.C12H11ClN2O3/c1-16-23(28-26(32)33-17(2)20-6-4-3-5-7-20)24(34-29-16)21-12-10-19(11-13-21)15-27-22(25(30)31)14-18-8-9-18;1-7-10(14-12(16)17)11(18-15-7)9-4-2-8(6-13)3-5-9/h3-7,10-13,17-18,22,27H,8-9,14-15H2,1-2H3,(H,28,32)(H,30,31);2-5,14H,6H2,1H3,(H,16,17)/t17-,22-;/m1./s1. The van der Waals surface area contributed by atoms with Crippen molar-refractivity contribution in [1.82, 2.24) is 15.6 Å². The summed E-state index contributed by atoms with van der Waals surface area (Å²) in [7, 11) is 0. The Morgan fingerprint density at radius 3 is 1.87 bits per heavy atom. The lowest BCUT2D eigenvalue weighted by atomic mass is 10.1. The molecule has 5 aromatic rings. The molecule has 1 saturated carbocycles. The molecule has 2 atom stereocenters. The molecular formula is C38H40ClN5O8. The molecule has 13 nitrogen and oxygen atoms in total. The molecule has 0 aliphatic heterocycles. The third-order valence-electron chi connectivity index (χ3n) is 8.44. The van der Waals surface area contributed by atoms with Gasteiger partial charge in [0.2, 0.25) is 0 Å². The number of aromatic nitrogens is 2. The van der Waals surface area contributed by atoms with Crippen molar-refractivity contribution in [1.29, 1.82) is 0 Å². The molecule has 14 heteroatoms. The smallest absolute Gasteiger partial charge is 0.412 e. The predicted molar refractivity (Wildman–Crippen MR) is 195 cm³/mol. The van der Waals surface area contributed by atoms with Gasteiger partial charge in [0.25, 0.3) is 0 Å². The molecule has 5 N–H and O–H groups in total. The maximum Gasteiger partial charge on any atom is 0.412 e. The van der Waals surface area contributed by atoms with Crippen LogP contribution in [0.1, 0.15) is 60.4 Å². The highest BCUT2D eigenvalue weighted by molar-refractivity contribution is 6.17. The molecule has 1 aliphatic rings. The van der Waals surface area contributed by atoms with Crippen molar-refractivity contribution in [3.05, 3.63) is 107 Å². The minimum absolute atomic E-state index is 0.362. The van der Waals surface area contributed by atoms with Crippen molar-refractivity contribution in [3.8, 4) is 22.6 Å². The fourth-order valence-electron chi connectivity index (χ4n) is 5.34. The van der Waals surface area contributed by atoms with E-state index in [0.717, 1.165) is 40.7 Å². The van der Waals surface area contributed by atoms with Crippen LogP contribution in [0.4, 0.5) is 21.0 Å². The summed E-state index contributed by atoms with van der Waals surface area (Å²) >= 11 is 5.70. The first kappa shape index (κ1) is 37.6. The predicted octanol–water partition coefficient (Wildman–Crippen LogP) is 8.78. The first-order valence-corrected chi connectivity index (χ1v) is 17.2. The number of ether oxygens (including phenoxy) is 1. The van der Waals surface area contributed by atoms with Crippen LogP contribution in [-0.2, 0) is 22.0 Å². The van der Waals surface area contributed by atoms with Gasteiger partial charge in [-0.2, -0.15) is 0 Å². The van der Waals surface area contributed by atoms with E-state index in [1.807, 2.05) is 85.8 Å². The van der Waals surface area contributed by atoms with Crippen molar-refractivity contribution < 1.29 is 38.4 Å². The summed E-state index contributed by atoms with van der Waals surface area (Å²) < 4.78 is 16.1. The summed E-state index contributed by atoms with van der Waals surface area (Å²) in [5.41, 5.74) is 6.15. The number of amides is 2. The number of nitrogens with one attached hydrogen (secondary N) is 3. The van der Waals surface area contributed by atoms with E-state index < -0.39 is 30.3 Å². The number of carboxylic acid groups (broad SMARTS) is 2. The van der Waals surface area contributed by atoms with E-state index in [2.05, 4.69) is 26.3 Å². The third-order valence-corrected chi connectivity index (χ3v) is 8.75. The van der Waals surface area contributed by atoms with Crippen LogP contribution in [0.15, 0.2) is 87.9 Å². The van der Waals surface area contributed by atoms with Gasteiger partial charge in [0.05, 0.1) is 0 Å². The minimum Gasteiger partial charge on any atom is -0.480 e. The molecular weight excluding hydrogens is 690 g/mol. The van der Waals surface area contributed by atoms with Gasteiger partial charge in [-0.15, -0.1) is 11.6 Å². The number of aliphatic carboxylic acids is 1. The summed E-state index contributed by atoms with van der Waals surface area (Å²) in [6.07, 6.45) is 0.738. The quantitative estimate of drug-likeness (QED) is 0.0728. The molecule has 52 heavy (non-hydrogen) atoms. The summed E-state index contributed by atoms with van der Waals surface area (Å²) in [4.78, 5) is 34.7. The fourth-order valence-corrected chi connectivity index (χ4v) is 5.52. The zero-order valence-corrected chi connectivity index (χ0v) is 29.6. The van der Waals surface area contributed by atoms with Gasteiger partial charge in [0.1, 0.15) is 34.9 Å². The van der Waals surface area contributed by atoms with Crippen LogP contribution in [0.5, 0.6) is 0 Å². The number of aryl methyl sites for hydroxylation is 2. The van der Waals surface area contributed by atoms with Crippen LogP contribution in [0.25, 0.3) is 22.6 Å². The molecule has 2 heterocycles. The van der Waals surface area contributed by atoms with Crippen LogP contribution in [0.3, 0.4) is 0 Å². The molecule has 272 valence electrons. The third kappa shape index (κ3) is 10.2. The van der Waals surface area contributed by atoms with Crippen LogP contribution in [-0.4, -0.2) is 44.7 Å². The first-order valence-electron chi connectivity index (χ1n) is 16.7. The average molecular weight is 730 g/mol. The zero-order valence-electron chi connectivity index (χ0n) is 28.9. The molecule has 0 spiro atoms. The van der Waals surface area contributed by atoms with E-state index in [9.17, 15) is 19.5 Å². The largest absolute Gasteiger partial charge is 0.480 e. The SMILES string of the molecule is Cc1noc(-c2ccc(CCl)cc2)c1NC(=O)O.Cc1noc(-c2ccc(CN[C@H](CC3CC3)C(=O)O)cc2)c1NC(=O)O[C@H](C)c1ccccc1. The van der Waals surface area contributed by atoms with Crippen molar-refractivity contribution in [2.24, 2.45) is 5.92 Å². The zero-order chi connectivity index (χ0) is 37.2. The molecule has 0 saturated heterocycles. The van der Waals surface area contributed by atoms with E-state index in [1.54, 1.807) is 13.8 Å². The van der Waals surface area contributed by atoms with Gasteiger partial charge in [-0.25, -0.2) is 9.59 Å². The highest BCUT2D eigenvalue weighted by Crippen LogP contribution is 2.34. The van der Waals surface area contributed by atoms with Crippen LogP contribution in [0.2, 0.25) is 0 Å². The second-order valence-electron chi connectivity index (χ2n) is 12.4. The lowest BCUT2D eigenvalue weighted by Gasteiger charge is -2.15. The molecule has 0 radical (unpaired) electrons. The molecule has 0 bridgehead atoms.